The van der Waals surface area contributed by atoms with Crippen molar-refractivity contribution in [2.75, 3.05) is 13.6 Å². The van der Waals surface area contributed by atoms with Crippen molar-refractivity contribution in [1.82, 2.24) is 9.88 Å². The van der Waals surface area contributed by atoms with Crippen LogP contribution in [-0.4, -0.2) is 23.5 Å². The van der Waals surface area contributed by atoms with Gasteiger partial charge in [0.25, 0.3) is 0 Å². The molecule has 0 saturated carbocycles. The molecule has 2 nitrogen and oxygen atoms in total. The fraction of sp³-hybridized carbons (Fsp3) is 0.421. The molecule has 0 saturated heterocycles. The second-order valence-corrected chi connectivity index (χ2v) is 6.21. The van der Waals surface area contributed by atoms with Crippen LogP contribution >= 0.6 is 0 Å². The van der Waals surface area contributed by atoms with Crippen LogP contribution in [0.5, 0.6) is 0 Å². The van der Waals surface area contributed by atoms with Crippen LogP contribution in [0, 0.1) is 5.92 Å². The highest BCUT2D eigenvalue weighted by atomic mass is 15.1. The van der Waals surface area contributed by atoms with Crippen LogP contribution in [0.2, 0.25) is 0 Å². The first-order valence-corrected chi connectivity index (χ1v) is 7.83. The number of hydrogen-bond acceptors (Lipinski definition) is 2. The zero-order valence-corrected chi connectivity index (χ0v) is 13.4. The third-order valence-corrected chi connectivity index (χ3v) is 3.74. The highest BCUT2D eigenvalue weighted by molar-refractivity contribution is 5.62. The molecular formula is C19H26N2. The molecule has 0 aliphatic heterocycles. The molecule has 112 valence electrons. The molecule has 2 rings (SSSR count). The van der Waals surface area contributed by atoms with Crippen molar-refractivity contribution >= 4 is 0 Å². The van der Waals surface area contributed by atoms with E-state index in [0.29, 0.717) is 0 Å². The van der Waals surface area contributed by atoms with Crippen LogP contribution in [0.3, 0.4) is 0 Å². The number of nitrogens with zero attached hydrogens (tertiary/aromatic N) is 2. The monoisotopic (exact) mass is 282 g/mol. The minimum atomic E-state index is 0.804. The Bertz CT molecular complexity index is 517. The molecule has 0 fully saturated rings. The van der Waals surface area contributed by atoms with Crippen LogP contribution in [0.1, 0.15) is 32.3 Å². The lowest BCUT2D eigenvalue weighted by atomic mass is 10.0. The van der Waals surface area contributed by atoms with Gasteiger partial charge in [0.15, 0.2) is 0 Å². The molecule has 0 aliphatic carbocycles. The predicted molar refractivity (Wildman–Crippen MR) is 90.1 cm³/mol. The zero-order valence-electron chi connectivity index (χ0n) is 13.4. The molecule has 0 atom stereocenters. The quantitative estimate of drug-likeness (QED) is 0.737. The van der Waals surface area contributed by atoms with E-state index in [2.05, 4.69) is 55.0 Å². The van der Waals surface area contributed by atoms with E-state index in [-0.39, 0.29) is 0 Å². The first kappa shape index (κ1) is 15.7. The minimum Gasteiger partial charge on any atom is -0.302 e. The van der Waals surface area contributed by atoms with E-state index in [1.165, 1.54) is 36.1 Å². The van der Waals surface area contributed by atoms with E-state index in [4.69, 9.17) is 0 Å². The number of benzene rings is 1. The number of hydrogen-bond donors (Lipinski definition) is 0. The molecular weight excluding hydrogens is 256 g/mol. The van der Waals surface area contributed by atoms with Crippen LogP contribution < -0.4 is 0 Å². The minimum absolute atomic E-state index is 0.804. The van der Waals surface area contributed by atoms with E-state index < -0.39 is 0 Å². The summed E-state index contributed by atoms with van der Waals surface area (Å²) in [7, 11) is 2.21. The Balaban J connectivity index is 1.88. The van der Waals surface area contributed by atoms with E-state index in [1.54, 1.807) is 0 Å². The summed E-state index contributed by atoms with van der Waals surface area (Å²) in [6.45, 7) is 6.77. The van der Waals surface area contributed by atoms with E-state index in [0.717, 1.165) is 12.5 Å². The molecule has 1 aromatic carbocycles. The number of aromatic nitrogens is 1. The molecule has 2 heteroatoms. The molecule has 0 amide bonds. The van der Waals surface area contributed by atoms with Crippen molar-refractivity contribution < 1.29 is 0 Å². The standard InChI is InChI=1S/C19H26N2/c1-16(2)5-4-14-21(3)15-17-6-8-18(9-7-17)19-10-12-20-13-11-19/h6-13,16H,4-5,14-15H2,1-3H3. The summed E-state index contributed by atoms with van der Waals surface area (Å²) in [6, 6.07) is 13.0. The second-order valence-electron chi connectivity index (χ2n) is 6.21. The van der Waals surface area contributed by atoms with Gasteiger partial charge in [-0.25, -0.2) is 0 Å². The van der Waals surface area contributed by atoms with Crippen LogP contribution in [0.4, 0.5) is 0 Å². The highest BCUT2D eigenvalue weighted by Crippen LogP contribution is 2.19. The van der Waals surface area contributed by atoms with Crippen LogP contribution in [-0.2, 0) is 6.54 Å². The van der Waals surface area contributed by atoms with Crippen molar-refractivity contribution in [2.24, 2.45) is 5.92 Å². The van der Waals surface area contributed by atoms with Crippen molar-refractivity contribution in [3.63, 3.8) is 0 Å². The lowest BCUT2D eigenvalue weighted by molar-refractivity contribution is 0.310. The molecule has 1 aromatic heterocycles. The van der Waals surface area contributed by atoms with E-state index >= 15 is 0 Å². The average molecular weight is 282 g/mol. The fourth-order valence-electron chi connectivity index (χ4n) is 2.51. The van der Waals surface area contributed by atoms with Gasteiger partial charge in [0.2, 0.25) is 0 Å². The first-order valence-electron chi connectivity index (χ1n) is 7.83. The molecule has 21 heavy (non-hydrogen) atoms. The second kappa shape index (κ2) is 7.94. The highest BCUT2D eigenvalue weighted by Gasteiger charge is 2.02. The first-order chi connectivity index (χ1) is 10.1. The number of rotatable bonds is 7. The predicted octanol–water partition coefficient (Wildman–Crippen LogP) is 4.62. The summed E-state index contributed by atoms with van der Waals surface area (Å²) in [5.74, 6) is 0.804. The van der Waals surface area contributed by atoms with Crippen molar-refractivity contribution in [2.45, 2.75) is 33.2 Å². The lowest BCUT2D eigenvalue weighted by Gasteiger charge is -2.17. The topological polar surface area (TPSA) is 16.1 Å². The third-order valence-electron chi connectivity index (χ3n) is 3.74. The summed E-state index contributed by atoms with van der Waals surface area (Å²) in [5.41, 5.74) is 3.85. The summed E-state index contributed by atoms with van der Waals surface area (Å²) < 4.78 is 0. The smallest absolute Gasteiger partial charge is 0.0273 e. The molecule has 2 aromatic rings. The van der Waals surface area contributed by atoms with Crippen molar-refractivity contribution in [3.05, 3.63) is 54.4 Å². The molecule has 0 unspecified atom stereocenters. The van der Waals surface area contributed by atoms with E-state index in [1.807, 2.05) is 24.5 Å². The molecule has 0 aliphatic rings. The van der Waals surface area contributed by atoms with Crippen molar-refractivity contribution in [3.8, 4) is 11.1 Å². The largest absolute Gasteiger partial charge is 0.302 e. The normalized spacial score (nSPS) is 11.3. The van der Waals surface area contributed by atoms with Gasteiger partial charge in [-0.05, 0) is 61.2 Å². The Labute approximate surface area is 128 Å². The molecule has 0 N–H and O–H groups in total. The van der Waals surface area contributed by atoms with Gasteiger partial charge >= 0.3 is 0 Å². The maximum absolute atomic E-state index is 4.06. The number of pyridine rings is 1. The Kier molecular flexibility index (Phi) is 5.94. The van der Waals surface area contributed by atoms with Gasteiger partial charge in [-0.3, -0.25) is 4.98 Å². The zero-order chi connectivity index (χ0) is 15.1. The van der Waals surface area contributed by atoms with Gasteiger partial charge in [0, 0.05) is 18.9 Å². The van der Waals surface area contributed by atoms with Gasteiger partial charge in [-0.1, -0.05) is 38.1 Å². The van der Waals surface area contributed by atoms with Crippen molar-refractivity contribution in [1.29, 1.82) is 0 Å². The maximum Gasteiger partial charge on any atom is 0.0273 e. The Morgan fingerprint density at radius 2 is 1.57 bits per heavy atom. The average Bonchev–Trinajstić information content (AvgIpc) is 2.48. The maximum atomic E-state index is 4.06. The lowest BCUT2D eigenvalue weighted by Crippen LogP contribution is -2.19. The summed E-state index contributed by atoms with van der Waals surface area (Å²) in [5, 5.41) is 0. The van der Waals surface area contributed by atoms with E-state index in [9.17, 15) is 0 Å². The van der Waals surface area contributed by atoms with Gasteiger partial charge in [-0.2, -0.15) is 0 Å². The Morgan fingerprint density at radius 1 is 0.952 bits per heavy atom. The van der Waals surface area contributed by atoms with Crippen LogP contribution in [0.15, 0.2) is 48.8 Å². The van der Waals surface area contributed by atoms with Gasteiger partial charge in [0.1, 0.15) is 0 Å². The summed E-state index contributed by atoms with van der Waals surface area (Å²) in [6.07, 6.45) is 6.27. The van der Waals surface area contributed by atoms with Crippen LogP contribution in [0.25, 0.3) is 11.1 Å². The molecule has 0 radical (unpaired) electrons. The Hall–Kier alpha value is -1.67. The summed E-state index contributed by atoms with van der Waals surface area (Å²) in [4.78, 5) is 6.47. The van der Waals surface area contributed by atoms with Gasteiger partial charge in [0.05, 0.1) is 0 Å². The SMILES string of the molecule is CC(C)CCCN(C)Cc1ccc(-c2ccncc2)cc1. The van der Waals surface area contributed by atoms with Gasteiger partial charge < -0.3 is 4.90 Å². The third kappa shape index (κ3) is 5.31. The molecule has 1 heterocycles. The van der Waals surface area contributed by atoms with Gasteiger partial charge in [-0.15, -0.1) is 0 Å². The molecule has 0 bridgehead atoms. The summed E-state index contributed by atoms with van der Waals surface area (Å²) >= 11 is 0. The Morgan fingerprint density at radius 3 is 2.19 bits per heavy atom. The fourth-order valence-corrected chi connectivity index (χ4v) is 2.51. The molecule has 0 spiro atoms.